The molecule has 0 unspecified atom stereocenters. The van der Waals surface area contributed by atoms with E-state index < -0.39 is 4.92 Å². The van der Waals surface area contributed by atoms with Crippen LogP contribution in [0.5, 0.6) is 0 Å². The standard InChI is InChI=1S/C6H5NO2.C3H5NO.C2H6/c8-7(9)6-4-2-1-3-5-6;1-2-4-3-5;1-2/h1-5H;2H2,1H3;1-2H3. The molecule has 0 fully saturated rings. The van der Waals surface area contributed by atoms with Gasteiger partial charge >= 0.3 is 0 Å². The molecule has 0 bridgehead atoms. The Bertz CT molecular complexity index is 319. The first-order valence-electron chi connectivity index (χ1n) is 4.95. The van der Waals surface area contributed by atoms with Crippen LogP contribution in [0.25, 0.3) is 0 Å². The lowest BCUT2D eigenvalue weighted by molar-refractivity contribution is -0.384. The first-order valence-corrected chi connectivity index (χ1v) is 4.95. The minimum absolute atomic E-state index is 0.137. The summed E-state index contributed by atoms with van der Waals surface area (Å²) < 4.78 is 0. The fourth-order valence-corrected chi connectivity index (χ4v) is 0.614. The van der Waals surface area contributed by atoms with E-state index >= 15 is 0 Å². The predicted molar refractivity (Wildman–Crippen MR) is 63.1 cm³/mol. The average Bonchev–Trinajstić information content (AvgIpc) is 2.34. The number of benzene rings is 1. The van der Waals surface area contributed by atoms with Gasteiger partial charge in [-0.05, 0) is 6.92 Å². The lowest BCUT2D eigenvalue weighted by Crippen LogP contribution is -1.84. The van der Waals surface area contributed by atoms with Gasteiger partial charge in [0.15, 0.2) is 0 Å². The van der Waals surface area contributed by atoms with Crippen LogP contribution in [0.3, 0.4) is 0 Å². The monoisotopic (exact) mass is 224 g/mol. The predicted octanol–water partition coefficient (Wildman–Crippen LogP) is 2.96. The van der Waals surface area contributed by atoms with Crippen molar-refractivity contribution >= 4 is 11.8 Å². The zero-order valence-electron chi connectivity index (χ0n) is 9.71. The third-order valence-corrected chi connectivity index (χ3v) is 1.19. The highest BCUT2D eigenvalue weighted by Gasteiger charge is 1.98. The number of nitro groups is 1. The van der Waals surface area contributed by atoms with Crippen molar-refractivity contribution in [3.05, 3.63) is 40.4 Å². The van der Waals surface area contributed by atoms with Crippen molar-refractivity contribution in [3.8, 4) is 0 Å². The Kier molecular flexibility index (Phi) is 13.3. The summed E-state index contributed by atoms with van der Waals surface area (Å²) in [6.45, 7) is 6.33. The molecule has 0 saturated carbocycles. The zero-order chi connectivity index (χ0) is 12.8. The van der Waals surface area contributed by atoms with Gasteiger partial charge in [-0.1, -0.05) is 32.0 Å². The van der Waals surface area contributed by atoms with Crippen LogP contribution in [0.2, 0.25) is 0 Å². The summed E-state index contributed by atoms with van der Waals surface area (Å²) in [6, 6.07) is 7.93. The van der Waals surface area contributed by atoms with E-state index in [1.807, 2.05) is 13.8 Å². The summed E-state index contributed by atoms with van der Waals surface area (Å²) in [5.41, 5.74) is 0.137. The Balaban J connectivity index is 0. The highest BCUT2D eigenvalue weighted by Crippen LogP contribution is 2.06. The molecule has 5 heteroatoms. The zero-order valence-corrected chi connectivity index (χ0v) is 9.71. The fourth-order valence-electron chi connectivity index (χ4n) is 0.614. The molecule has 0 aliphatic heterocycles. The largest absolute Gasteiger partial charge is 0.269 e. The maximum absolute atomic E-state index is 10.0. The molecule has 0 aromatic heterocycles. The molecule has 0 amide bonds. The lowest BCUT2D eigenvalue weighted by Gasteiger charge is -1.85. The Labute approximate surface area is 95.0 Å². The Morgan fingerprint density at radius 3 is 2.00 bits per heavy atom. The van der Waals surface area contributed by atoms with E-state index in [1.54, 1.807) is 25.1 Å². The number of para-hydroxylation sites is 1. The second-order valence-electron chi connectivity index (χ2n) is 2.16. The van der Waals surface area contributed by atoms with Gasteiger partial charge < -0.3 is 0 Å². The van der Waals surface area contributed by atoms with Gasteiger partial charge in [0.25, 0.3) is 5.69 Å². The summed E-state index contributed by atoms with van der Waals surface area (Å²) in [4.78, 5) is 21.9. The van der Waals surface area contributed by atoms with Crippen LogP contribution >= 0.6 is 0 Å². The molecule has 0 radical (unpaired) electrons. The second-order valence-corrected chi connectivity index (χ2v) is 2.16. The van der Waals surface area contributed by atoms with Crippen LogP contribution < -0.4 is 0 Å². The van der Waals surface area contributed by atoms with Gasteiger partial charge in [-0.2, -0.15) is 0 Å². The van der Waals surface area contributed by atoms with Crippen molar-refractivity contribution in [2.75, 3.05) is 6.54 Å². The number of hydrogen-bond donors (Lipinski definition) is 0. The quantitative estimate of drug-likeness (QED) is 0.335. The van der Waals surface area contributed by atoms with E-state index in [4.69, 9.17) is 4.79 Å². The first kappa shape index (κ1) is 16.4. The second kappa shape index (κ2) is 13.0. The van der Waals surface area contributed by atoms with Crippen molar-refractivity contribution in [1.29, 1.82) is 0 Å². The number of aliphatic imine (C=N–C) groups is 1. The molecule has 16 heavy (non-hydrogen) atoms. The highest BCUT2D eigenvalue weighted by molar-refractivity contribution is 5.32. The van der Waals surface area contributed by atoms with Gasteiger partial charge in [0.1, 0.15) is 0 Å². The minimum atomic E-state index is -0.417. The molecular formula is C11H16N2O3. The van der Waals surface area contributed by atoms with Crippen LogP contribution in [-0.4, -0.2) is 17.5 Å². The Hall–Kier alpha value is -2.00. The van der Waals surface area contributed by atoms with E-state index in [0.717, 1.165) is 0 Å². The van der Waals surface area contributed by atoms with Crippen LogP contribution in [-0.2, 0) is 4.79 Å². The normalized spacial score (nSPS) is 7.19. The van der Waals surface area contributed by atoms with E-state index in [9.17, 15) is 10.1 Å². The molecule has 0 saturated heterocycles. The Morgan fingerprint density at radius 1 is 1.31 bits per heavy atom. The number of nitrogens with zero attached hydrogens (tertiary/aromatic N) is 2. The highest BCUT2D eigenvalue weighted by atomic mass is 16.6. The molecule has 0 aliphatic carbocycles. The van der Waals surface area contributed by atoms with E-state index in [1.165, 1.54) is 18.2 Å². The molecule has 0 N–H and O–H groups in total. The van der Waals surface area contributed by atoms with Crippen molar-refractivity contribution in [2.24, 2.45) is 4.99 Å². The van der Waals surface area contributed by atoms with E-state index in [0.29, 0.717) is 6.54 Å². The fraction of sp³-hybridized carbons (Fsp3) is 0.364. The van der Waals surface area contributed by atoms with Gasteiger partial charge in [-0.15, -0.1) is 0 Å². The molecule has 0 aliphatic rings. The lowest BCUT2D eigenvalue weighted by atomic mass is 10.3. The molecule has 88 valence electrons. The van der Waals surface area contributed by atoms with Gasteiger partial charge in [0.05, 0.1) is 4.92 Å². The van der Waals surface area contributed by atoms with Crippen LogP contribution in [0.4, 0.5) is 5.69 Å². The number of hydrogen-bond acceptors (Lipinski definition) is 4. The summed E-state index contributed by atoms with van der Waals surface area (Å²) >= 11 is 0. The molecule has 0 spiro atoms. The number of isocyanates is 1. The molecule has 0 heterocycles. The van der Waals surface area contributed by atoms with Gasteiger partial charge in [-0.25, -0.2) is 9.79 Å². The number of carbonyl (C=O) groups excluding carboxylic acids is 1. The van der Waals surface area contributed by atoms with E-state index in [2.05, 4.69) is 4.99 Å². The molecule has 1 rings (SSSR count). The summed E-state index contributed by atoms with van der Waals surface area (Å²) in [7, 11) is 0. The molecule has 5 nitrogen and oxygen atoms in total. The van der Waals surface area contributed by atoms with Gasteiger partial charge in [-0.3, -0.25) is 10.1 Å². The molecule has 1 aromatic rings. The average molecular weight is 224 g/mol. The molecular weight excluding hydrogens is 208 g/mol. The number of nitro benzene ring substituents is 1. The first-order chi connectivity index (χ1) is 7.72. The smallest absolute Gasteiger partial charge is 0.258 e. The molecule has 1 aromatic carbocycles. The van der Waals surface area contributed by atoms with E-state index in [-0.39, 0.29) is 5.69 Å². The third-order valence-electron chi connectivity index (χ3n) is 1.19. The van der Waals surface area contributed by atoms with Gasteiger partial charge in [0, 0.05) is 18.7 Å². The van der Waals surface area contributed by atoms with Crippen molar-refractivity contribution in [2.45, 2.75) is 20.8 Å². The van der Waals surface area contributed by atoms with Crippen molar-refractivity contribution in [3.63, 3.8) is 0 Å². The van der Waals surface area contributed by atoms with Crippen LogP contribution in [0.15, 0.2) is 35.3 Å². The topological polar surface area (TPSA) is 72.6 Å². The molecule has 0 atom stereocenters. The Morgan fingerprint density at radius 2 is 1.81 bits per heavy atom. The summed E-state index contributed by atoms with van der Waals surface area (Å²) in [5, 5.41) is 10.0. The number of non-ortho nitro benzene ring substituents is 1. The van der Waals surface area contributed by atoms with Crippen LogP contribution in [0.1, 0.15) is 20.8 Å². The minimum Gasteiger partial charge on any atom is -0.258 e. The summed E-state index contributed by atoms with van der Waals surface area (Å²) in [5.74, 6) is 0. The van der Waals surface area contributed by atoms with Crippen molar-refractivity contribution < 1.29 is 9.72 Å². The summed E-state index contributed by atoms with van der Waals surface area (Å²) in [6.07, 6.45) is 1.39. The number of rotatable bonds is 2. The van der Waals surface area contributed by atoms with Crippen molar-refractivity contribution in [1.82, 2.24) is 0 Å². The van der Waals surface area contributed by atoms with Crippen LogP contribution in [0, 0.1) is 10.1 Å². The maximum atomic E-state index is 10.0. The maximum Gasteiger partial charge on any atom is 0.269 e. The third kappa shape index (κ3) is 10.1. The SMILES string of the molecule is CC.CCN=C=O.O=[N+]([O-])c1ccccc1. The van der Waals surface area contributed by atoms with Gasteiger partial charge in [0.2, 0.25) is 6.08 Å².